The van der Waals surface area contributed by atoms with E-state index in [4.69, 9.17) is 14.2 Å². The second-order valence-electron chi connectivity index (χ2n) is 2.54. The van der Waals surface area contributed by atoms with Gasteiger partial charge in [-0.1, -0.05) is 6.07 Å². The van der Waals surface area contributed by atoms with E-state index in [1.807, 2.05) is 24.5 Å². The number of para-hydroxylation sites is 1. The van der Waals surface area contributed by atoms with Crippen molar-refractivity contribution >= 4 is 11.8 Å². The molecule has 0 N–H and O–H groups in total. The Hall–Kier alpha value is -0.870. The zero-order valence-corrected chi connectivity index (χ0v) is 9.39. The minimum Gasteiger partial charge on any atom is -0.493 e. The first-order chi connectivity index (χ1) is 6.83. The van der Waals surface area contributed by atoms with Crippen LogP contribution < -0.4 is 9.47 Å². The molecule has 1 rings (SSSR count). The summed E-state index contributed by atoms with van der Waals surface area (Å²) in [6.07, 6.45) is 1.99. The molecule has 0 radical (unpaired) electrons. The molecule has 3 nitrogen and oxygen atoms in total. The van der Waals surface area contributed by atoms with Crippen molar-refractivity contribution in [3.8, 4) is 11.5 Å². The van der Waals surface area contributed by atoms with Gasteiger partial charge in [0.2, 0.25) is 0 Å². The molecule has 1 aromatic rings. The highest BCUT2D eigenvalue weighted by Crippen LogP contribution is 2.36. The Morgan fingerprint density at radius 1 is 1.29 bits per heavy atom. The molecule has 0 atom stereocenters. The number of hydrogen-bond donors (Lipinski definition) is 0. The van der Waals surface area contributed by atoms with E-state index in [2.05, 4.69) is 0 Å². The molecule has 0 heterocycles. The van der Waals surface area contributed by atoms with Gasteiger partial charge in [-0.25, -0.2) is 0 Å². The number of hydrogen-bond acceptors (Lipinski definition) is 4. The highest BCUT2D eigenvalue weighted by atomic mass is 32.2. The predicted octanol–water partition coefficient (Wildman–Crippen LogP) is 2.40. The summed E-state index contributed by atoms with van der Waals surface area (Å²) in [4.78, 5) is 1.04. The lowest BCUT2D eigenvalue weighted by Gasteiger charge is -2.12. The summed E-state index contributed by atoms with van der Waals surface area (Å²) in [5.74, 6) is 1.47. The Bertz CT molecular complexity index is 266. The zero-order chi connectivity index (χ0) is 10.4. The van der Waals surface area contributed by atoms with E-state index in [0.29, 0.717) is 0 Å². The average molecular weight is 214 g/mol. The van der Waals surface area contributed by atoms with E-state index in [1.54, 1.807) is 26.0 Å². The SMILES string of the molecule is COCOc1c(OC)cccc1SC. The molecule has 0 fully saturated rings. The lowest BCUT2D eigenvalue weighted by Crippen LogP contribution is -2.01. The molecule has 0 amide bonds. The number of benzene rings is 1. The van der Waals surface area contributed by atoms with Crippen molar-refractivity contribution in [3.63, 3.8) is 0 Å². The topological polar surface area (TPSA) is 27.7 Å². The molecule has 0 spiro atoms. The minimum absolute atomic E-state index is 0.230. The largest absolute Gasteiger partial charge is 0.493 e. The third-order valence-corrected chi connectivity index (χ3v) is 2.47. The molecule has 14 heavy (non-hydrogen) atoms. The lowest BCUT2D eigenvalue weighted by atomic mass is 10.3. The van der Waals surface area contributed by atoms with Crippen molar-refractivity contribution < 1.29 is 14.2 Å². The van der Waals surface area contributed by atoms with Crippen molar-refractivity contribution in [3.05, 3.63) is 18.2 Å². The van der Waals surface area contributed by atoms with Crippen LogP contribution in [0.3, 0.4) is 0 Å². The molecular weight excluding hydrogens is 200 g/mol. The van der Waals surface area contributed by atoms with Crippen molar-refractivity contribution in [1.82, 2.24) is 0 Å². The number of methoxy groups -OCH3 is 2. The van der Waals surface area contributed by atoms with Crippen molar-refractivity contribution in [1.29, 1.82) is 0 Å². The molecule has 0 saturated carbocycles. The van der Waals surface area contributed by atoms with Crippen LogP contribution in [-0.4, -0.2) is 27.3 Å². The van der Waals surface area contributed by atoms with Gasteiger partial charge in [0, 0.05) is 7.11 Å². The molecule has 0 unspecified atom stereocenters. The van der Waals surface area contributed by atoms with E-state index < -0.39 is 0 Å². The standard InChI is InChI=1S/C10H14O3S/c1-11-7-13-10-8(12-2)5-4-6-9(10)14-3/h4-6H,7H2,1-3H3. The highest BCUT2D eigenvalue weighted by Gasteiger charge is 2.08. The van der Waals surface area contributed by atoms with Gasteiger partial charge in [-0.05, 0) is 18.4 Å². The minimum atomic E-state index is 0.230. The van der Waals surface area contributed by atoms with Crippen molar-refractivity contribution in [2.45, 2.75) is 4.90 Å². The van der Waals surface area contributed by atoms with E-state index in [-0.39, 0.29) is 6.79 Å². The summed E-state index contributed by atoms with van der Waals surface area (Å²) in [6.45, 7) is 0.230. The van der Waals surface area contributed by atoms with E-state index in [0.717, 1.165) is 16.4 Å². The summed E-state index contributed by atoms with van der Waals surface area (Å²) in [6, 6.07) is 5.78. The van der Waals surface area contributed by atoms with Crippen LogP contribution in [0.25, 0.3) is 0 Å². The number of thioether (sulfide) groups is 1. The van der Waals surface area contributed by atoms with Gasteiger partial charge in [-0.15, -0.1) is 11.8 Å². The third kappa shape index (κ3) is 2.56. The van der Waals surface area contributed by atoms with Gasteiger partial charge >= 0.3 is 0 Å². The molecule has 1 aromatic carbocycles. The fourth-order valence-corrected chi connectivity index (χ4v) is 1.64. The zero-order valence-electron chi connectivity index (χ0n) is 8.57. The average Bonchev–Trinajstić information content (AvgIpc) is 2.25. The highest BCUT2D eigenvalue weighted by molar-refractivity contribution is 7.98. The van der Waals surface area contributed by atoms with Gasteiger partial charge in [0.25, 0.3) is 0 Å². The van der Waals surface area contributed by atoms with Gasteiger partial charge in [0.05, 0.1) is 12.0 Å². The molecule has 0 aromatic heterocycles. The van der Waals surface area contributed by atoms with Crippen LogP contribution in [-0.2, 0) is 4.74 Å². The molecule has 0 aliphatic heterocycles. The molecule has 0 bridgehead atoms. The molecule has 0 saturated heterocycles. The molecule has 0 aliphatic carbocycles. The normalized spacial score (nSPS) is 9.93. The van der Waals surface area contributed by atoms with Gasteiger partial charge in [0.15, 0.2) is 18.3 Å². The maximum Gasteiger partial charge on any atom is 0.188 e. The molecule has 4 heteroatoms. The summed E-state index contributed by atoms with van der Waals surface area (Å²) in [5.41, 5.74) is 0. The fraction of sp³-hybridized carbons (Fsp3) is 0.400. The summed E-state index contributed by atoms with van der Waals surface area (Å²) in [5, 5.41) is 0. The van der Waals surface area contributed by atoms with E-state index >= 15 is 0 Å². The summed E-state index contributed by atoms with van der Waals surface area (Å²) >= 11 is 1.61. The van der Waals surface area contributed by atoms with Crippen LogP contribution >= 0.6 is 11.8 Å². The fourth-order valence-electron chi connectivity index (χ4n) is 1.08. The first-order valence-corrected chi connectivity index (χ1v) is 5.38. The van der Waals surface area contributed by atoms with Gasteiger partial charge < -0.3 is 14.2 Å². The maximum atomic E-state index is 5.43. The number of ether oxygens (including phenoxy) is 3. The van der Waals surface area contributed by atoms with Gasteiger partial charge in [-0.2, -0.15) is 0 Å². The van der Waals surface area contributed by atoms with Crippen LogP contribution in [0.2, 0.25) is 0 Å². The monoisotopic (exact) mass is 214 g/mol. The Morgan fingerprint density at radius 2 is 2.07 bits per heavy atom. The predicted molar refractivity (Wildman–Crippen MR) is 57.3 cm³/mol. The Kier molecular flexibility index (Phi) is 4.62. The van der Waals surface area contributed by atoms with E-state index in [9.17, 15) is 0 Å². The summed E-state index contributed by atoms with van der Waals surface area (Å²) < 4.78 is 15.5. The number of rotatable bonds is 5. The Morgan fingerprint density at radius 3 is 2.64 bits per heavy atom. The van der Waals surface area contributed by atoms with Crippen LogP contribution in [0.5, 0.6) is 11.5 Å². The second kappa shape index (κ2) is 5.78. The first-order valence-electron chi connectivity index (χ1n) is 4.16. The van der Waals surface area contributed by atoms with Crippen LogP contribution in [0.1, 0.15) is 0 Å². The Labute approximate surface area is 88.4 Å². The molecular formula is C10H14O3S. The third-order valence-electron chi connectivity index (χ3n) is 1.70. The quantitative estimate of drug-likeness (QED) is 0.555. The smallest absolute Gasteiger partial charge is 0.188 e. The van der Waals surface area contributed by atoms with Gasteiger partial charge in [0.1, 0.15) is 0 Å². The first kappa shape index (κ1) is 11.2. The van der Waals surface area contributed by atoms with E-state index in [1.165, 1.54) is 0 Å². The second-order valence-corrected chi connectivity index (χ2v) is 3.39. The van der Waals surface area contributed by atoms with Crippen molar-refractivity contribution in [2.24, 2.45) is 0 Å². The Balaban J connectivity index is 2.93. The van der Waals surface area contributed by atoms with Crippen LogP contribution in [0.4, 0.5) is 0 Å². The molecule has 0 aliphatic rings. The lowest BCUT2D eigenvalue weighted by molar-refractivity contribution is 0.0471. The summed E-state index contributed by atoms with van der Waals surface area (Å²) in [7, 11) is 3.22. The maximum absolute atomic E-state index is 5.43. The van der Waals surface area contributed by atoms with Gasteiger partial charge in [-0.3, -0.25) is 0 Å². The van der Waals surface area contributed by atoms with Crippen LogP contribution in [0.15, 0.2) is 23.1 Å². The molecule has 78 valence electrons. The van der Waals surface area contributed by atoms with Crippen LogP contribution in [0, 0.1) is 0 Å². The van der Waals surface area contributed by atoms with Crippen molar-refractivity contribution in [2.75, 3.05) is 27.3 Å².